The quantitative estimate of drug-likeness (QED) is 0.612. The normalized spacial score (nSPS) is 22.1. The van der Waals surface area contributed by atoms with Gasteiger partial charge in [0.15, 0.2) is 5.78 Å². The highest BCUT2D eigenvalue weighted by molar-refractivity contribution is 8.01. The molecule has 0 spiro atoms. The summed E-state index contributed by atoms with van der Waals surface area (Å²) in [4.78, 5) is 28.6. The standard InChI is InChI=1S/C24H20F3N3O3S/c1-2-34(33)20-11-14(13-28)9-10-17(20)22-21-18(7-4-8-19(21)31)29(23(32)30(22)34)16-6-3-5-15(12-16)24(25,26)27/h3,5-6,9-12,22,34H,2,4,7-8H2,1H3. The van der Waals surface area contributed by atoms with Gasteiger partial charge in [0.1, 0.15) is 6.04 Å². The van der Waals surface area contributed by atoms with Crippen LogP contribution in [0.5, 0.6) is 0 Å². The molecule has 6 nitrogen and oxygen atoms in total. The Bertz CT molecular complexity index is 1380. The van der Waals surface area contributed by atoms with Crippen molar-refractivity contribution in [1.29, 1.82) is 5.26 Å². The average Bonchev–Trinajstić information content (AvgIpc) is 3.08. The van der Waals surface area contributed by atoms with Gasteiger partial charge in [-0.2, -0.15) is 18.4 Å². The van der Waals surface area contributed by atoms with Crippen molar-refractivity contribution >= 4 is 27.6 Å². The van der Waals surface area contributed by atoms with Crippen molar-refractivity contribution in [2.75, 3.05) is 10.7 Å². The number of urea groups is 1. The number of thiol groups is 1. The molecule has 1 atom stereocenters. The van der Waals surface area contributed by atoms with Gasteiger partial charge >= 0.3 is 12.2 Å². The summed E-state index contributed by atoms with van der Waals surface area (Å²) in [5.41, 5.74) is 0.493. The zero-order valence-corrected chi connectivity index (χ0v) is 19.0. The number of carbonyl (C=O) groups is 2. The van der Waals surface area contributed by atoms with Crippen LogP contribution in [0.25, 0.3) is 0 Å². The van der Waals surface area contributed by atoms with Crippen LogP contribution in [0.1, 0.15) is 48.9 Å². The molecule has 2 aromatic rings. The molecule has 1 unspecified atom stereocenters. The maximum atomic E-state index is 14.3. The Kier molecular flexibility index (Phi) is 4.95. The van der Waals surface area contributed by atoms with Crippen LogP contribution in [-0.4, -0.2) is 26.1 Å². The number of nitrogens with zero attached hydrogens (tertiary/aromatic N) is 3. The summed E-state index contributed by atoms with van der Waals surface area (Å²) in [6, 6.07) is 9.45. The van der Waals surface area contributed by atoms with Crippen molar-refractivity contribution in [3.8, 4) is 6.07 Å². The molecule has 2 aromatic carbocycles. The number of alkyl halides is 3. The topological polar surface area (TPSA) is 81.5 Å². The molecule has 10 heteroatoms. The van der Waals surface area contributed by atoms with Gasteiger partial charge < -0.3 is 0 Å². The predicted molar refractivity (Wildman–Crippen MR) is 119 cm³/mol. The minimum absolute atomic E-state index is 0.0307. The molecular formula is C24H20F3N3O3S. The summed E-state index contributed by atoms with van der Waals surface area (Å²) in [6.07, 6.45) is -3.60. The zero-order valence-electron chi connectivity index (χ0n) is 18.1. The van der Waals surface area contributed by atoms with E-state index < -0.39 is 33.9 Å². The molecule has 176 valence electrons. The number of Topliss-reactive ketones (excluding diaryl/α,β-unsaturated/α-hetero) is 1. The van der Waals surface area contributed by atoms with Crippen LogP contribution in [0, 0.1) is 11.3 Å². The maximum absolute atomic E-state index is 14.3. The second kappa shape index (κ2) is 7.53. The van der Waals surface area contributed by atoms with Crippen molar-refractivity contribution in [3.05, 3.63) is 70.4 Å². The predicted octanol–water partition coefficient (Wildman–Crippen LogP) is 4.89. The molecule has 0 bridgehead atoms. The fraction of sp³-hybridized carbons (Fsp3) is 0.292. The van der Waals surface area contributed by atoms with Crippen LogP contribution in [0.15, 0.2) is 58.6 Å². The first kappa shape index (κ1) is 22.3. The number of carbonyl (C=O) groups excluding carboxylic acids is 2. The highest BCUT2D eigenvalue weighted by Gasteiger charge is 2.54. The van der Waals surface area contributed by atoms with E-state index in [1.54, 1.807) is 19.1 Å². The van der Waals surface area contributed by atoms with Crippen molar-refractivity contribution in [3.63, 3.8) is 0 Å². The maximum Gasteiger partial charge on any atom is 0.416 e. The van der Waals surface area contributed by atoms with E-state index in [2.05, 4.69) is 0 Å². The Balaban J connectivity index is 1.78. The third-order valence-corrected chi connectivity index (χ3v) is 9.74. The van der Waals surface area contributed by atoms with E-state index in [1.165, 1.54) is 22.5 Å². The lowest BCUT2D eigenvalue weighted by molar-refractivity contribution is -0.137. The lowest BCUT2D eigenvalue weighted by Gasteiger charge is -2.45. The van der Waals surface area contributed by atoms with E-state index in [-0.39, 0.29) is 29.2 Å². The Morgan fingerprint density at radius 3 is 2.59 bits per heavy atom. The van der Waals surface area contributed by atoms with Crippen molar-refractivity contribution in [2.45, 2.75) is 43.3 Å². The molecule has 3 aliphatic rings. The van der Waals surface area contributed by atoms with Gasteiger partial charge in [-0.05, 0) is 58.9 Å². The van der Waals surface area contributed by atoms with E-state index in [0.717, 1.165) is 17.0 Å². The largest absolute Gasteiger partial charge is 0.416 e. The Morgan fingerprint density at radius 2 is 1.91 bits per heavy atom. The monoisotopic (exact) mass is 487 g/mol. The molecule has 0 radical (unpaired) electrons. The van der Waals surface area contributed by atoms with Crippen LogP contribution in [0.4, 0.5) is 23.7 Å². The second-order valence-electron chi connectivity index (χ2n) is 8.45. The highest BCUT2D eigenvalue weighted by atomic mass is 32.3. The van der Waals surface area contributed by atoms with Gasteiger partial charge in [-0.15, -0.1) is 0 Å². The van der Waals surface area contributed by atoms with E-state index >= 15 is 0 Å². The molecule has 34 heavy (non-hydrogen) atoms. The number of rotatable bonds is 2. The Morgan fingerprint density at radius 1 is 1.15 bits per heavy atom. The van der Waals surface area contributed by atoms with Crippen LogP contribution in [0.2, 0.25) is 0 Å². The number of halogens is 3. The minimum Gasteiger partial charge on any atom is -0.294 e. The molecule has 2 aliphatic heterocycles. The molecular weight excluding hydrogens is 467 g/mol. The SMILES string of the molecule is CC[SH]1(=O)c2cc(C#N)ccc2C2C3=C(CCCC3=O)N(c3cccc(C(F)(F)F)c3)C(=O)N21. The Hall–Kier alpha value is -3.45. The highest BCUT2D eigenvalue weighted by Crippen LogP contribution is 2.54. The van der Waals surface area contributed by atoms with Gasteiger partial charge in [0, 0.05) is 28.3 Å². The summed E-state index contributed by atoms with van der Waals surface area (Å²) < 4.78 is 55.7. The lowest BCUT2D eigenvalue weighted by atomic mass is 9.84. The zero-order chi connectivity index (χ0) is 24.4. The second-order valence-corrected chi connectivity index (χ2v) is 11.4. The lowest BCUT2D eigenvalue weighted by Crippen LogP contribution is -2.53. The average molecular weight is 488 g/mol. The molecule has 1 aliphatic carbocycles. The summed E-state index contributed by atoms with van der Waals surface area (Å²) in [5.74, 6) is -0.162. The first-order valence-electron chi connectivity index (χ1n) is 10.8. The number of benzene rings is 2. The summed E-state index contributed by atoms with van der Waals surface area (Å²) in [7, 11) is -3.58. The van der Waals surface area contributed by atoms with Crippen LogP contribution in [0.3, 0.4) is 0 Å². The molecule has 5 rings (SSSR count). The molecule has 2 heterocycles. The summed E-state index contributed by atoms with van der Waals surface area (Å²) in [6.45, 7) is 1.65. The first-order valence-corrected chi connectivity index (χ1v) is 12.7. The van der Waals surface area contributed by atoms with E-state index in [1.807, 2.05) is 6.07 Å². The van der Waals surface area contributed by atoms with Crippen molar-refractivity contribution in [2.24, 2.45) is 0 Å². The van der Waals surface area contributed by atoms with Gasteiger partial charge in [-0.1, -0.05) is 19.1 Å². The van der Waals surface area contributed by atoms with Gasteiger partial charge in [0.25, 0.3) is 0 Å². The molecule has 0 saturated heterocycles. The third kappa shape index (κ3) is 3.03. The van der Waals surface area contributed by atoms with E-state index in [4.69, 9.17) is 0 Å². The summed E-state index contributed by atoms with van der Waals surface area (Å²) in [5, 5.41) is 9.35. The van der Waals surface area contributed by atoms with Crippen LogP contribution < -0.4 is 4.90 Å². The molecule has 0 saturated carbocycles. The fourth-order valence-electron chi connectivity index (χ4n) is 5.13. The molecule has 0 aromatic heterocycles. The van der Waals surface area contributed by atoms with Gasteiger partial charge in [-0.25, -0.2) is 9.10 Å². The van der Waals surface area contributed by atoms with E-state index in [0.29, 0.717) is 34.6 Å². The first-order chi connectivity index (χ1) is 16.1. The number of amides is 2. The number of anilines is 1. The third-order valence-electron chi connectivity index (χ3n) is 6.64. The number of allylic oxidation sites excluding steroid dienone is 1. The van der Waals surface area contributed by atoms with Gasteiger partial charge in [-0.3, -0.25) is 13.9 Å². The Labute approximate surface area is 194 Å². The van der Waals surface area contributed by atoms with Gasteiger partial charge in [0.2, 0.25) is 0 Å². The minimum atomic E-state index is -4.62. The number of hydrogen-bond donors (Lipinski definition) is 1. The smallest absolute Gasteiger partial charge is 0.294 e. The fourth-order valence-corrected chi connectivity index (χ4v) is 7.92. The van der Waals surface area contributed by atoms with Crippen molar-refractivity contribution < 1.29 is 27.0 Å². The van der Waals surface area contributed by atoms with Gasteiger partial charge in [0.05, 0.1) is 22.9 Å². The van der Waals surface area contributed by atoms with Crippen LogP contribution in [-0.2, 0) is 21.1 Å². The molecule has 0 N–H and O–H groups in total. The summed E-state index contributed by atoms with van der Waals surface area (Å²) >= 11 is 0. The number of hydrogen-bond acceptors (Lipinski definition) is 4. The molecule has 2 amide bonds. The number of fused-ring (bicyclic) bond motifs is 4. The van der Waals surface area contributed by atoms with E-state index in [9.17, 15) is 32.2 Å². The van der Waals surface area contributed by atoms with Crippen molar-refractivity contribution in [1.82, 2.24) is 4.31 Å². The number of ketones is 1. The number of nitriles is 1. The molecule has 0 fully saturated rings. The van der Waals surface area contributed by atoms with Crippen LogP contribution >= 0.6 is 0 Å².